The minimum Gasteiger partial charge on any atom is -0.497 e. The summed E-state index contributed by atoms with van der Waals surface area (Å²) in [6.45, 7) is 0. The molecule has 106 valence electrons. The highest BCUT2D eigenvalue weighted by Crippen LogP contribution is 2.32. The van der Waals surface area contributed by atoms with E-state index in [0.29, 0.717) is 16.5 Å². The standard InChI is InChI=1S/C15H16ClNO2S/c1-19-12-4-2-3-10(7-12)14(18)9-20-15-8-11(17)5-6-13(15)16/h2-8,14,18H,9,17H2,1H3. The smallest absolute Gasteiger partial charge is 0.119 e. The summed E-state index contributed by atoms with van der Waals surface area (Å²) in [6, 6.07) is 12.7. The summed E-state index contributed by atoms with van der Waals surface area (Å²) >= 11 is 7.57. The summed E-state index contributed by atoms with van der Waals surface area (Å²) in [5.74, 6) is 1.23. The maximum absolute atomic E-state index is 10.2. The third kappa shape index (κ3) is 3.82. The first-order valence-corrected chi connectivity index (χ1v) is 7.46. The lowest BCUT2D eigenvalue weighted by atomic mass is 10.1. The Hall–Kier alpha value is -1.36. The highest BCUT2D eigenvalue weighted by molar-refractivity contribution is 7.99. The Labute approximate surface area is 127 Å². The first kappa shape index (κ1) is 15.0. The zero-order chi connectivity index (χ0) is 14.5. The van der Waals surface area contributed by atoms with E-state index in [4.69, 9.17) is 22.1 Å². The second-order valence-electron chi connectivity index (χ2n) is 4.29. The lowest BCUT2D eigenvalue weighted by Crippen LogP contribution is -2.01. The van der Waals surface area contributed by atoms with E-state index in [1.165, 1.54) is 11.8 Å². The molecule has 2 aromatic carbocycles. The van der Waals surface area contributed by atoms with Gasteiger partial charge in [-0.2, -0.15) is 0 Å². The Bertz CT molecular complexity index is 592. The van der Waals surface area contributed by atoms with Gasteiger partial charge in [0, 0.05) is 16.3 Å². The molecule has 0 amide bonds. The molecule has 20 heavy (non-hydrogen) atoms. The van der Waals surface area contributed by atoms with Crippen molar-refractivity contribution >= 4 is 29.1 Å². The minimum absolute atomic E-state index is 0.496. The fourth-order valence-electron chi connectivity index (χ4n) is 1.74. The Morgan fingerprint density at radius 3 is 2.85 bits per heavy atom. The molecule has 0 heterocycles. The highest BCUT2D eigenvalue weighted by atomic mass is 35.5. The van der Waals surface area contributed by atoms with Crippen LogP contribution in [0, 0.1) is 0 Å². The van der Waals surface area contributed by atoms with Crippen LogP contribution in [0.2, 0.25) is 5.02 Å². The number of nitrogen functional groups attached to an aromatic ring is 1. The molecule has 3 nitrogen and oxygen atoms in total. The summed E-state index contributed by atoms with van der Waals surface area (Å²) in [7, 11) is 1.60. The number of anilines is 1. The molecule has 2 aromatic rings. The molecule has 1 unspecified atom stereocenters. The molecular weight excluding hydrogens is 294 g/mol. The molecule has 0 bridgehead atoms. The van der Waals surface area contributed by atoms with Crippen LogP contribution in [0.4, 0.5) is 5.69 Å². The van der Waals surface area contributed by atoms with Gasteiger partial charge in [0.1, 0.15) is 5.75 Å². The van der Waals surface area contributed by atoms with Crippen LogP contribution in [0.1, 0.15) is 11.7 Å². The molecule has 0 saturated carbocycles. The number of benzene rings is 2. The summed E-state index contributed by atoms with van der Waals surface area (Å²) in [4.78, 5) is 0.869. The summed E-state index contributed by atoms with van der Waals surface area (Å²) in [6.07, 6.45) is -0.590. The minimum atomic E-state index is -0.590. The number of methoxy groups -OCH3 is 1. The molecule has 0 saturated heterocycles. The van der Waals surface area contributed by atoms with E-state index < -0.39 is 6.10 Å². The molecule has 0 aromatic heterocycles. The molecule has 0 aliphatic rings. The molecule has 0 spiro atoms. The molecule has 1 atom stereocenters. The molecule has 3 N–H and O–H groups in total. The van der Waals surface area contributed by atoms with Gasteiger partial charge in [0.05, 0.1) is 18.2 Å². The normalized spacial score (nSPS) is 12.2. The molecule has 0 aliphatic heterocycles. The van der Waals surface area contributed by atoms with Crippen molar-refractivity contribution in [3.05, 3.63) is 53.1 Å². The monoisotopic (exact) mass is 309 g/mol. The zero-order valence-electron chi connectivity index (χ0n) is 11.0. The van der Waals surface area contributed by atoms with Crippen molar-refractivity contribution < 1.29 is 9.84 Å². The van der Waals surface area contributed by atoms with Gasteiger partial charge >= 0.3 is 0 Å². The second-order valence-corrected chi connectivity index (χ2v) is 5.76. The molecular formula is C15H16ClNO2S. The van der Waals surface area contributed by atoms with Gasteiger partial charge in [0.2, 0.25) is 0 Å². The Balaban J connectivity index is 2.04. The number of thioether (sulfide) groups is 1. The molecule has 2 rings (SSSR count). The number of hydrogen-bond donors (Lipinski definition) is 2. The second kappa shape index (κ2) is 6.88. The predicted molar refractivity (Wildman–Crippen MR) is 84.5 cm³/mol. The zero-order valence-corrected chi connectivity index (χ0v) is 12.6. The number of aliphatic hydroxyl groups excluding tert-OH is 1. The molecule has 0 aliphatic carbocycles. The van der Waals surface area contributed by atoms with Crippen LogP contribution >= 0.6 is 23.4 Å². The van der Waals surface area contributed by atoms with Crippen LogP contribution in [-0.2, 0) is 0 Å². The van der Waals surface area contributed by atoms with Gasteiger partial charge in [-0.05, 0) is 35.9 Å². The van der Waals surface area contributed by atoms with E-state index in [1.54, 1.807) is 19.2 Å². The molecule has 0 fully saturated rings. The average molecular weight is 310 g/mol. The van der Waals surface area contributed by atoms with Gasteiger partial charge in [-0.1, -0.05) is 23.7 Å². The largest absolute Gasteiger partial charge is 0.497 e. The quantitative estimate of drug-likeness (QED) is 0.652. The fraction of sp³-hybridized carbons (Fsp3) is 0.200. The van der Waals surface area contributed by atoms with E-state index in [0.717, 1.165) is 16.2 Å². The van der Waals surface area contributed by atoms with Gasteiger partial charge in [-0.3, -0.25) is 0 Å². The van der Waals surface area contributed by atoms with Gasteiger partial charge in [0.25, 0.3) is 0 Å². The van der Waals surface area contributed by atoms with Crippen molar-refractivity contribution in [1.29, 1.82) is 0 Å². The average Bonchev–Trinajstić information content (AvgIpc) is 2.48. The summed E-state index contributed by atoms with van der Waals surface area (Å²) in [5, 5.41) is 10.9. The number of ether oxygens (including phenoxy) is 1. The lowest BCUT2D eigenvalue weighted by molar-refractivity contribution is 0.203. The predicted octanol–water partition coefficient (Wildman–Crippen LogP) is 3.76. The van der Waals surface area contributed by atoms with E-state index in [2.05, 4.69) is 0 Å². The highest BCUT2D eigenvalue weighted by Gasteiger charge is 2.10. The third-order valence-corrected chi connectivity index (χ3v) is 4.40. The van der Waals surface area contributed by atoms with Crippen molar-refractivity contribution in [3.63, 3.8) is 0 Å². The van der Waals surface area contributed by atoms with Gasteiger partial charge < -0.3 is 15.6 Å². The van der Waals surface area contributed by atoms with Gasteiger partial charge in [-0.25, -0.2) is 0 Å². The van der Waals surface area contributed by atoms with Gasteiger partial charge in [0.15, 0.2) is 0 Å². The van der Waals surface area contributed by atoms with Crippen molar-refractivity contribution in [1.82, 2.24) is 0 Å². The Morgan fingerprint density at radius 1 is 1.30 bits per heavy atom. The fourth-order valence-corrected chi connectivity index (χ4v) is 2.98. The number of rotatable bonds is 5. The third-order valence-electron chi connectivity index (χ3n) is 2.83. The van der Waals surface area contributed by atoms with Gasteiger partial charge in [-0.15, -0.1) is 11.8 Å². The van der Waals surface area contributed by atoms with Crippen molar-refractivity contribution in [2.75, 3.05) is 18.6 Å². The SMILES string of the molecule is COc1cccc(C(O)CSc2cc(N)ccc2Cl)c1. The van der Waals surface area contributed by atoms with Crippen molar-refractivity contribution in [3.8, 4) is 5.75 Å². The molecule has 5 heteroatoms. The van der Waals surface area contributed by atoms with Crippen molar-refractivity contribution in [2.24, 2.45) is 0 Å². The van der Waals surface area contributed by atoms with Crippen LogP contribution in [0.5, 0.6) is 5.75 Å². The number of aliphatic hydroxyl groups is 1. The van der Waals surface area contributed by atoms with E-state index in [-0.39, 0.29) is 0 Å². The Kier molecular flexibility index (Phi) is 5.17. The summed E-state index contributed by atoms with van der Waals surface area (Å²) in [5.41, 5.74) is 7.21. The van der Waals surface area contributed by atoms with E-state index >= 15 is 0 Å². The maximum atomic E-state index is 10.2. The Morgan fingerprint density at radius 2 is 2.10 bits per heavy atom. The summed E-state index contributed by atoms with van der Waals surface area (Å²) < 4.78 is 5.15. The van der Waals surface area contributed by atoms with Crippen LogP contribution in [0.25, 0.3) is 0 Å². The molecule has 0 radical (unpaired) electrons. The van der Waals surface area contributed by atoms with Crippen LogP contribution < -0.4 is 10.5 Å². The topological polar surface area (TPSA) is 55.5 Å². The van der Waals surface area contributed by atoms with Crippen molar-refractivity contribution in [2.45, 2.75) is 11.0 Å². The van der Waals surface area contributed by atoms with E-state index in [1.807, 2.05) is 30.3 Å². The first-order chi connectivity index (χ1) is 9.60. The first-order valence-electron chi connectivity index (χ1n) is 6.10. The number of hydrogen-bond acceptors (Lipinski definition) is 4. The van der Waals surface area contributed by atoms with E-state index in [9.17, 15) is 5.11 Å². The number of nitrogens with two attached hydrogens (primary N) is 1. The maximum Gasteiger partial charge on any atom is 0.119 e. The van der Waals surface area contributed by atoms with Crippen LogP contribution in [0.15, 0.2) is 47.4 Å². The van der Waals surface area contributed by atoms with Crippen LogP contribution in [0.3, 0.4) is 0 Å². The van der Waals surface area contributed by atoms with Crippen LogP contribution in [-0.4, -0.2) is 18.0 Å². The number of halogens is 1. The lowest BCUT2D eigenvalue weighted by Gasteiger charge is -2.12.